The van der Waals surface area contributed by atoms with Gasteiger partial charge in [-0.25, -0.2) is 13.5 Å². The van der Waals surface area contributed by atoms with Gasteiger partial charge in [0.05, 0.1) is 32.0 Å². The molecule has 7 heterocycles. The highest BCUT2D eigenvalue weighted by atomic mass is 35.5. The normalized spacial score (nSPS) is 25.8. The number of ether oxygens (including phenoxy) is 3. The van der Waals surface area contributed by atoms with Crippen LogP contribution >= 0.6 is 34.5 Å². The van der Waals surface area contributed by atoms with E-state index in [1.165, 1.54) is 22.9 Å². The second-order valence-electron chi connectivity index (χ2n) is 14.8. The van der Waals surface area contributed by atoms with Crippen molar-refractivity contribution < 1.29 is 23.0 Å². The number of aromatic nitrogens is 5. The van der Waals surface area contributed by atoms with Crippen molar-refractivity contribution in [2.75, 3.05) is 26.3 Å². The zero-order valence-corrected chi connectivity index (χ0v) is 29.5. The first-order valence-electron chi connectivity index (χ1n) is 16.8. The molecule has 3 atom stereocenters. The number of hydrogen-bond donors (Lipinski definition) is 0. The SMILES string of the molecule is CC(C)(C)Oc1nc(OC[C@@]23CCCN2C[C@H](F)C3)nc2sc3c(-c4c(C5(F)CC5)c(Cl)cc5c4cnn5C4CCCCO4)nsc3c12. The summed E-state index contributed by atoms with van der Waals surface area (Å²) < 4.78 is 58.0. The van der Waals surface area contributed by atoms with Gasteiger partial charge in [0.2, 0.25) is 5.88 Å². The van der Waals surface area contributed by atoms with Crippen LogP contribution in [0.1, 0.15) is 83.9 Å². The van der Waals surface area contributed by atoms with Crippen molar-refractivity contribution in [3.63, 3.8) is 0 Å². The summed E-state index contributed by atoms with van der Waals surface area (Å²) in [4.78, 5) is 12.5. The van der Waals surface area contributed by atoms with Crippen molar-refractivity contribution in [2.45, 2.75) is 101 Å². The maximum Gasteiger partial charge on any atom is 0.321 e. The molecule has 0 bridgehead atoms. The third kappa shape index (κ3) is 5.09. The Kier molecular flexibility index (Phi) is 7.27. The smallest absolute Gasteiger partial charge is 0.321 e. The van der Waals surface area contributed by atoms with Crippen molar-refractivity contribution in [3.05, 3.63) is 22.8 Å². The maximum absolute atomic E-state index is 16.2. The van der Waals surface area contributed by atoms with Gasteiger partial charge in [-0.2, -0.15) is 19.4 Å². The fourth-order valence-corrected chi connectivity index (χ4v) is 10.5. The fraction of sp³-hybridized carbons (Fsp3) is 0.588. The number of nitrogens with zero attached hydrogens (tertiary/aromatic N) is 6. The number of rotatable bonds is 7. The summed E-state index contributed by atoms with van der Waals surface area (Å²) in [5.41, 5.74) is 0.178. The first-order valence-corrected chi connectivity index (χ1v) is 18.8. The number of thiophene rings is 1. The van der Waals surface area contributed by atoms with Crippen molar-refractivity contribution in [2.24, 2.45) is 0 Å². The van der Waals surface area contributed by atoms with Gasteiger partial charge >= 0.3 is 6.01 Å². The Morgan fingerprint density at radius 1 is 1.15 bits per heavy atom. The zero-order chi connectivity index (χ0) is 33.0. The van der Waals surface area contributed by atoms with Crippen LogP contribution in [0.3, 0.4) is 0 Å². The van der Waals surface area contributed by atoms with Gasteiger partial charge in [0.15, 0.2) is 6.23 Å². The molecule has 9 rings (SSSR count). The summed E-state index contributed by atoms with van der Waals surface area (Å²) in [5.74, 6) is 0.405. The molecule has 1 saturated carbocycles. The van der Waals surface area contributed by atoms with E-state index in [1.807, 2.05) is 31.5 Å². The molecule has 0 N–H and O–H groups in total. The minimum absolute atomic E-state index is 0.201. The molecule has 1 unspecified atom stereocenters. The Bertz CT molecular complexity index is 2070. The Morgan fingerprint density at radius 3 is 2.77 bits per heavy atom. The van der Waals surface area contributed by atoms with Crippen LogP contribution in [0, 0.1) is 0 Å². The molecule has 14 heteroatoms. The summed E-state index contributed by atoms with van der Waals surface area (Å²) in [6, 6.07) is 2.04. The minimum Gasteiger partial charge on any atom is -0.471 e. The van der Waals surface area contributed by atoms with E-state index in [9.17, 15) is 4.39 Å². The van der Waals surface area contributed by atoms with Gasteiger partial charge in [-0.15, -0.1) is 11.3 Å². The quantitative estimate of drug-likeness (QED) is 0.165. The maximum atomic E-state index is 16.2. The van der Waals surface area contributed by atoms with Crippen molar-refractivity contribution >= 4 is 65.0 Å². The zero-order valence-electron chi connectivity index (χ0n) is 27.2. The number of halogens is 3. The van der Waals surface area contributed by atoms with E-state index in [0.717, 1.165) is 64.3 Å². The van der Waals surface area contributed by atoms with E-state index < -0.39 is 17.4 Å². The van der Waals surface area contributed by atoms with Crippen LogP contribution in [0.15, 0.2) is 12.3 Å². The van der Waals surface area contributed by atoms with Crippen LogP contribution in [0.5, 0.6) is 11.9 Å². The van der Waals surface area contributed by atoms with Crippen molar-refractivity contribution in [1.29, 1.82) is 0 Å². The predicted molar refractivity (Wildman–Crippen MR) is 184 cm³/mol. The molecule has 0 spiro atoms. The summed E-state index contributed by atoms with van der Waals surface area (Å²) >= 11 is 9.75. The van der Waals surface area contributed by atoms with E-state index in [1.54, 1.807) is 6.20 Å². The van der Waals surface area contributed by atoms with Crippen molar-refractivity contribution in [3.8, 4) is 23.1 Å². The Balaban J connectivity index is 1.19. The Labute approximate surface area is 289 Å². The second kappa shape index (κ2) is 11.1. The molecule has 9 nitrogen and oxygen atoms in total. The van der Waals surface area contributed by atoms with Gasteiger partial charge in [-0.3, -0.25) is 4.90 Å². The molecular weight excluding hydrogens is 678 g/mol. The third-order valence-corrected chi connectivity index (χ3v) is 12.6. The monoisotopic (exact) mass is 714 g/mol. The lowest BCUT2D eigenvalue weighted by Gasteiger charge is -2.30. The molecule has 0 amide bonds. The first-order chi connectivity index (χ1) is 23.0. The molecule has 4 aliphatic rings. The topological polar surface area (TPSA) is 87.4 Å². The standard InChI is InChI=1S/C34H37ClF2N6O3S2/c1-32(2,3)46-29-24-27-28(47-30(24)40-31(39-29)45-17-33-8-6-11-42(33)16-18(36)14-33)26(41-48-27)23-19-15-38-43(22-7-4-5-12-44-22)21(19)13-20(35)25(23)34(37)9-10-34/h13,15,18,22H,4-12,14,16-17H2,1-3H3/t18-,22?,33+/m1/s1. The first kappa shape index (κ1) is 31.3. The van der Waals surface area contributed by atoms with Gasteiger partial charge < -0.3 is 14.2 Å². The van der Waals surface area contributed by atoms with Crippen LogP contribution < -0.4 is 9.47 Å². The number of fused-ring (bicyclic) bond motifs is 5. The fourth-order valence-electron chi connectivity index (χ4n) is 7.88. The van der Waals surface area contributed by atoms with Crippen LogP contribution in [-0.4, -0.2) is 72.6 Å². The van der Waals surface area contributed by atoms with Gasteiger partial charge in [0.25, 0.3) is 0 Å². The second-order valence-corrected chi connectivity index (χ2v) is 17.0. The highest BCUT2D eigenvalue weighted by molar-refractivity contribution is 7.31. The molecule has 1 aliphatic carbocycles. The van der Waals surface area contributed by atoms with Crippen LogP contribution in [-0.2, 0) is 10.4 Å². The largest absolute Gasteiger partial charge is 0.471 e. The number of alkyl halides is 2. The number of hydrogen-bond acceptors (Lipinski definition) is 10. The van der Waals surface area contributed by atoms with Gasteiger partial charge in [-0.1, -0.05) is 11.6 Å². The van der Waals surface area contributed by atoms with Gasteiger partial charge in [0, 0.05) is 41.1 Å². The summed E-state index contributed by atoms with van der Waals surface area (Å²) in [7, 11) is 0. The van der Waals surface area contributed by atoms with Crippen molar-refractivity contribution in [1.82, 2.24) is 29.0 Å². The third-order valence-electron chi connectivity index (χ3n) is 10.2. The molecule has 3 aliphatic heterocycles. The molecular formula is C34H37ClF2N6O3S2. The molecule has 1 aromatic carbocycles. The highest BCUT2D eigenvalue weighted by Gasteiger charge is 2.50. The van der Waals surface area contributed by atoms with Crippen LogP contribution in [0.4, 0.5) is 8.78 Å². The van der Waals surface area contributed by atoms with Gasteiger partial charge in [-0.05, 0) is 89.9 Å². The summed E-state index contributed by atoms with van der Waals surface area (Å²) in [5, 5.41) is 6.66. The molecule has 4 fully saturated rings. The average molecular weight is 715 g/mol. The molecule has 48 heavy (non-hydrogen) atoms. The van der Waals surface area contributed by atoms with E-state index in [2.05, 4.69) is 4.90 Å². The summed E-state index contributed by atoms with van der Waals surface area (Å²) in [6.45, 7) is 8.23. The molecule has 3 saturated heterocycles. The predicted octanol–water partition coefficient (Wildman–Crippen LogP) is 8.76. The summed E-state index contributed by atoms with van der Waals surface area (Å²) in [6.07, 6.45) is 6.85. The lowest BCUT2D eigenvalue weighted by Crippen LogP contribution is -2.43. The molecule has 4 aromatic heterocycles. The number of benzene rings is 1. The Morgan fingerprint density at radius 2 is 2.00 bits per heavy atom. The van der Waals surface area contributed by atoms with Crippen LogP contribution in [0.2, 0.25) is 5.02 Å². The van der Waals surface area contributed by atoms with E-state index >= 15 is 4.39 Å². The van der Waals surface area contributed by atoms with E-state index in [-0.39, 0.29) is 17.8 Å². The van der Waals surface area contributed by atoms with Crippen LogP contribution in [0.25, 0.3) is 41.8 Å². The van der Waals surface area contributed by atoms with E-state index in [0.29, 0.717) is 71.6 Å². The lowest BCUT2D eigenvalue weighted by molar-refractivity contribution is -0.0366. The molecule has 254 valence electrons. The minimum atomic E-state index is -1.52. The highest BCUT2D eigenvalue weighted by Crippen LogP contribution is 2.58. The Hall–Kier alpha value is -2.71. The van der Waals surface area contributed by atoms with E-state index in [4.69, 9.17) is 45.3 Å². The van der Waals surface area contributed by atoms with Gasteiger partial charge in [0.1, 0.15) is 34.6 Å². The molecule has 5 aromatic rings. The molecule has 0 radical (unpaired) electrons. The average Bonchev–Trinajstić information content (AvgIpc) is 3.51. The lowest BCUT2D eigenvalue weighted by atomic mass is 9.95.